The first kappa shape index (κ1) is 23.2. The molecule has 2 unspecified atom stereocenters. The van der Waals surface area contributed by atoms with E-state index < -0.39 is 0 Å². The first-order valence-corrected chi connectivity index (χ1v) is 12.3. The van der Waals surface area contributed by atoms with Gasteiger partial charge in [-0.15, -0.1) is 0 Å². The van der Waals surface area contributed by atoms with Crippen molar-refractivity contribution in [3.8, 4) is 5.75 Å². The van der Waals surface area contributed by atoms with Gasteiger partial charge in [0.25, 0.3) is 5.91 Å². The fourth-order valence-electron chi connectivity index (χ4n) is 4.15. The molecule has 33 heavy (non-hydrogen) atoms. The number of hydrogen-bond acceptors (Lipinski definition) is 4. The van der Waals surface area contributed by atoms with Gasteiger partial charge < -0.3 is 18.5 Å². The average Bonchev–Trinajstić information content (AvgIpc) is 3.20. The van der Waals surface area contributed by atoms with Crippen LogP contribution in [0.1, 0.15) is 85.9 Å². The van der Waals surface area contributed by atoms with Crippen molar-refractivity contribution in [2.75, 3.05) is 6.61 Å². The highest BCUT2D eigenvalue weighted by molar-refractivity contribution is 5.94. The zero-order chi connectivity index (χ0) is 23.0. The maximum atomic E-state index is 13.4. The molecule has 0 radical (unpaired) electrons. The number of carbonyl (C=O) groups excluding carboxylic acids is 1. The highest BCUT2D eigenvalue weighted by atomic mass is 16.5. The van der Waals surface area contributed by atoms with Crippen molar-refractivity contribution in [1.29, 1.82) is 0 Å². The summed E-state index contributed by atoms with van der Waals surface area (Å²) in [6.07, 6.45) is 8.85. The van der Waals surface area contributed by atoms with Crippen LogP contribution in [-0.2, 0) is 13.1 Å². The van der Waals surface area contributed by atoms with Crippen LogP contribution in [0.3, 0.4) is 0 Å². The van der Waals surface area contributed by atoms with E-state index in [1.165, 1.54) is 32.1 Å². The summed E-state index contributed by atoms with van der Waals surface area (Å²) < 4.78 is 17.4. The number of unbranched alkanes of at least 4 members (excludes halogenated alkanes) is 4. The Morgan fingerprint density at radius 2 is 1.76 bits per heavy atom. The highest BCUT2D eigenvalue weighted by Gasteiger charge is 2.36. The second kappa shape index (κ2) is 11.3. The third-order valence-corrected chi connectivity index (χ3v) is 6.34. The van der Waals surface area contributed by atoms with Crippen LogP contribution in [0.4, 0.5) is 0 Å². The van der Waals surface area contributed by atoms with Crippen LogP contribution < -0.4 is 4.74 Å². The fraction of sp³-hybridized carbons (Fsp3) is 0.464. The molecule has 0 N–H and O–H groups in total. The average molecular weight is 450 g/mol. The van der Waals surface area contributed by atoms with E-state index in [1.54, 1.807) is 11.2 Å². The number of furan rings is 2. The van der Waals surface area contributed by atoms with Gasteiger partial charge in [-0.1, -0.05) is 39.5 Å². The third kappa shape index (κ3) is 6.53. The molecule has 0 aliphatic heterocycles. The van der Waals surface area contributed by atoms with Crippen molar-refractivity contribution in [3.05, 3.63) is 77.6 Å². The van der Waals surface area contributed by atoms with Crippen molar-refractivity contribution in [3.63, 3.8) is 0 Å². The van der Waals surface area contributed by atoms with E-state index in [0.717, 1.165) is 29.5 Å². The molecule has 2 aromatic heterocycles. The molecule has 2 atom stereocenters. The number of benzene rings is 1. The Labute approximate surface area is 196 Å². The Bertz CT molecular complexity index is 989. The Morgan fingerprint density at radius 1 is 1.00 bits per heavy atom. The van der Waals surface area contributed by atoms with Gasteiger partial charge in [-0.25, -0.2) is 0 Å². The number of amides is 1. The molecule has 5 heteroatoms. The maximum Gasteiger partial charge on any atom is 0.254 e. The normalized spacial score (nSPS) is 17.2. The van der Waals surface area contributed by atoms with Gasteiger partial charge >= 0.3 is 0 Å². The first-order chi connectivity index (χ1) is 16.1. The molecular formula is C28H35NO4. The Morgan fingerprint density at radius 3 is 2.45 bits per heavy atom. The molecule has 0 bridgehead atoms. The lowest BCUT2D eigenvalue weighted by molar-refractivity contribution is 0.0704. The molecule has 1 amide bonds. The number of ether oxygens (including phenoxy) is 1. The van der Waals surface area contributed by atoms with E-state index in [4.69, 9.17) is 13.6 Å². The van der Waals surface area contributed by atoms with Crippen molar-refractivity contribution in [1.82, 2.24) is 4.90 Å². The van der Waals surface area contributed by atoms with Crippen LogP contribution in [0.5, 0.6) is 5.75 Å². The minimum absolute atomic E-state index is 0.0599. The summed E-state index contributed by atoms with van der Waals surface area (Å²) in [6.45, 7) is 5.95. The lowest BCUT2D eigenvalue weighted by Crippen LogP contribution is -2.29. The van der Waals surface area contributed by atoms with Crippen molar-refractivity contribution in [2.24, 2.45) is 5.92 Å². The predicted octanol–water partition coefficient (Wildman–Crippen LogP) is 7.19. The minimum Gasteiger partial charge on any atom is -0.494 e. The smallest absolute Gasteiger partial charge is 0.254 e. The lowest BCUT2D eigenvalue weighted by atomic mass is 10.1. The Hall–Kier alpha value is -2.95. The quantitative estimate of drug-likeness (QED) is 0.259. The summed E-state index contributed by atoms with van der Waals surface area (Å²) >= 11 is 0. The molecule has 0 saturated heterocycles. The SMILES string of the molecule is CCCCCCCOc1ccc(C(=O)N(Cc2ccco2)Cc2ccc(C3CC3C)o2)cc1. The summed E-state index contributed by atoms with van der Waals surface area (Å²) in [7, 11) is 0. The van der Waals surface area contributed by atoms with Crippen LogP contribution in [0.25, 0.3) is 0 Å². The van der Waals surface area contributed by atoms with Crippen LogP contribution in [0.15, 0.2) is 63.6 Å². The van der Waals surface area contributed by atoms with E-state index in [-0.39, 0.29) is 5.91 Å². The van der Waals surface area contributed by atoms with Gasteiger partial charge in [-0.3, -0.25) is 4.79 Å². The standard InChI is InChI=1S/C28H35NO4/c1-3-4-5-6-7-16-31-23-12-10-22(11-13-23)28(30)29(19-24-9-8-17-32-24)20-25-14-15-27(33-25)26-18-21(26)2/h8-15,17,21,26H,3-7,16,18-20H2,1-2H3. The monoisotopic (exact) mass is 449 g/mol. The maximum absolute atomic E-state index is 13.4. The highest BCUT2D eigenvalue weighted by Crippen LogP contribution is 2.47. The molecule has 176 valence electrons. The van der Waals surface area contributed by atoms with Crippen molar-refractivity contribution >= 4 is 5.91 Å². The summed E-state index contributed by atoms with van der Waals surface area (Å²) in [5.41, 5.74) is 0.624. The topological polar surface area (TPSA) is 55.8 Å². The fourth-order valence-corrected chi connectivity index (χ4v) is 4.15. The van der Waals surface area contributed by atoms with E-state index in [2.05, 4.69) is 13.8 Å². The molecule has 1 aromatic carbocycles. The van der Waals surface area contributed by atoms with E-state index >= 15 is 0 Å². The molecule has 0 spiro atoms. The van der Waals surface area contributed by atoms with Gasteiger partial charge in [-0.2, -0.15) is 0 Å². The third-order valence-electron chi connectivity index (χ3n) is 6.34. The largest absolute Gasteiger partial charge is 0.494 e. The first-order valence-electron chi connectivity index (χ1n) is 12.3. The summed E-state index contributed by atoms with van der Waals surface area (Å²) in [4.78, 5) is 15.1. The summed E-state index contributed by atoms with van der Waals surface area (Å²) in [5, 5.41) is 0. The molecule has 5 nitrogen and oxygen atoms in total. The zero-order valence-corrected chi connectivity index (χ0v) is 19.8. The number of hydrogen-bond donors (Lipinski definition) is 0. The van der Waals surface area contributed by atoms with E-state index in [1.807, 2.05) is 48.5 Å². The van der Waals surface area contributed by atoms with Gasteiger partial charge in [0.05, 0.1) is 26.0 Å². The molecule has 1 aliphatic rings. The number of carbonyl (C=O) groups is 1. The van der Waals surface area contributed by atoms with Crippen LogP contribution in [-0.4, -0.2) is 17.4 Å². The predicted molar refractivity (Wildman–Crippen MR) is 128 cm³/mol. The summed E-state index contributed by atoms with van der Waals surface area (Å²) in [5.74, 6) is 4.51. The molecule has 1 aliphatic carbocycles. The zero-order valence-electron chi connectivity index (χ0n) is 19.8. The molecule has 4 rings (SSSR count). The summed E-state index contributed by atoms with van der Waals surface area (Å²) in [6, 6.07) is 15.2. The second-order valence-electron chi connectivity index (χ2n) is 9.15. The van der Waals surface area contributed by atoms with Crippen molar-refractivity contribution in [2.45, 2.75) is 71.4 Å². The lowest BCUT2D eigenvalue weighted by Gasteiger charge is -2.21. The molecule has 1 fully saturated rings. The molecule has 1 saturated carbocycles. The second-order valence-corrected chi connectivity index (χ2v) is 9.15. The van der Waals surface area contributed by atoms with Gasteiger partial charge in [0.2, 0.25) is 0 Å². The van der Waals surface area contributed by atoms with Gasteiger partial charge in [-0.05, 0) is 67.3 Å². The molecular weight excluding hydrogens is 414 g/mol. The van der Waals surface area contributed by atoms with E-state index in [0.29, 0.717) is 37.1 Å². The van der Waals surface area contributed by atoms with Crippen molar-refractivity contribution < 1.29 is 18.4 Å². The van der Waals surface area contributed by atoms with Gasteiger partial charge in [0.1, 0.15) is 23.0 Å². The Kier molecular flexibility index (Phi) is 7.92. The number of nitrogens with zero attached hydrogens (tertiary/aromatic N) is 1. The molecule has 3 aromatic rings. The Balaban J connectivity index is 1.37. The number of rotatable bonds is 13. The van der Waals surface area contributed by atoms with Crippen LogP contribution in [0, 0.1) is 5.92 Å². The van der Waals surface area contributed by atoms with Gasteiger partial charge in [0, 0.05) is 11.5 Å². The van der Waals surface area contributed by atoms with Crippen LogP contribution >= 0.6 is 0 Å². The van der Waals surface area contributed by atoms with Gasteiger partial charge in [0.15, 0.2) is 0 Å². The van der Waals surface area contributed by atoms with Crippen LogP contribution in [0.2, 0.25) is 0 Å². The minimum atomic E-state index is -0.0599. The molecule has 2 heterocycles. The van der Waals surface area contributed by atoms with E-state index in [9.17, 15) is 4.79 Å².